The Hall–Kier alpha value is -2.97. The van der Waals surface area contributed by atoms with Crippen molar-refractivity contribution >= 4 is 28.9 Å². The number of rotatable bonds is 3. The van der Waals surface area contributed by atoms with Crippen LogP contribution in [-0.2, 0) is 9.53 Å². The summed E-state index contributed by atoms with van der Waals surface area (Å²) < 4.78 is 4.87. The Morgan fingerprint density at radius 1 is 1.28 bits per heavy atom. The lowest BCUT2D eigenvalue weighted by molar-refractivity contribution is -0.129. The number of carbonyl (C=O) groups is 2. The molecule has 2 aromatic rings. The molecule has 0 atom stereocenters. The van der Waals surface area contributed by atoms with Crippen LogP contribution in [0.2, 0.25) is 0 Å². The maximum atomic E-state index is 12.4. The largest absolute Gasteiger partial charge is 0.462 e. The number of aromatic amines is 1. The van der Waals surface area contributed by atoms with E-state index in [-0.39, 0.29) is 23.5 Å². The van der Waals surface area contributed by atoms with Crippen LogP contribution in [0.5, 0.6) is 0 Å². The van der Waals surface area contributed by atoms with Crippen molar-refractivity contribution in [1.82, 2.24) is 19.9 Å². The predicted octanol–water partition coefficient (Wildman–Crippen LogP) is 0.163. The fourth-order valence-corrected chi connectivity index (χ4v) is 2.73. The van der Waals surface area contributed by atoms with Gasteiger partial charge in [0.25, 0.3) is 0 Å². The van der Waals surface area contributed by atoms with Gasteiger partial charge in [0.15, 0.2) is 0 Å². The quantitative estimate of drug-likeness (QED) is 0.790. The van der Waals surface area contributed by atoms with Crippen LogP contribution in [0.25, 0.3) is 11.0 Å². The lowest BCUT2D eigenvalue weighted by Gasteiger charge is -2.34. The number of fused-ring (bicyclic) bond motifs is 1. The summed E-state index contributed by atoms with van der Waals surface area (Å²) in [7, 11) is 0. The summed E-state index contributed by atoms with van der Waals surface area (Å²) in [6.07, 6.45) is 2.73. The summed E-state index contributed by atoms with van der Waals surface area (Å²) in [4.78, 5) is 50.8. The van der Waals surface area contributed by atoms with Crippen molar-refractivity contribution in [3.8, 4) is 0 Å². The van der Waals surface area contributed by atoms with Crippen LogP contribution in [0, 0.1) is 0 Å². The highest BCUT2D eigenvalue weighted by Crippen LogP contribution is 2.14. The molecule has 0 unspecified atom stereocenters. The Labute approximate surface area is 143 Å². The van der Waals surface area contributed by atoms with Gasteiger partial charge in [-0.1, -0.05) is 0 Å². The Bertz CT molecular complexity index is 870. The molecule has 1 saturated heterocycles. The van der Waals surface area contributed by atoms with Gasteiger partial charge in [0.1, 0.15) is 11.2 Å². The third-order valence-electron chi connectivity index (χ3n) is 4.12. The number of esters is 1. The second kappa shape index (κ2) is 6.88. The number of nitrogens with one attached hydrogen (secondary N) is 1. The molecular formula is C16H19N5O4. The summed E-state index contributed by atoms with van der Waals surface area (Å²) in [6.45, 7) is 5.87. The zero-order valence-corrected chi connectivity index (χ0v) is 14.1. The lowest BCUT2D eigenvalue weighted by atomic mass is 10.2. The number of H-pyrrole nitrogens is 1. The van der Waals surface area contributed by atoms with E-state index in [0.717, 1.165) is 0 Å². The Balaban J connectivity index is 1.87. The first-order valence-corrected chi connectivity index (χ1v) is 8.07. The molecule has 1 N–H and O–H groups in total. The second-order valence-electron chi connectivity index (χ2n) is 5.68. The minimum atomic E-state index is -0.671. The number of piperazine rings is 1. The average molecular weight is 345 g/mol. The van der Waals surface area contributed by atoms with E-state index in [0.29, 0.717) is 37.8 Å². The normalized spacial score (nSPS) is 14.6. The van der Waals surface area contributed by atoms with Crippen LogP contribution in [0.15, 0.2) is 17.2 Å². The van der Waals surface area contributed by atoms with Crippen LogP contribution in [0.3, 0.4) is 0 Å². The first-order chi connectivity index (χ1) is 12.0. The number of amides is 1. The predicted molar refractivity (Wildman–Crippen MR) is 90.6 cm³/mol. The topological polar surface area (TPSA) is 108 Å². The molecule has 0 saturated carbocycles. The van der Waals surface area contributed by atoms with E-state index in [9.17, 15) is 14.4 Å². The molecular weight excluding hydrogens is 326 g/mol. The zero-order valence-electron chi connectivity index (χ0n) is 14.1. The van der Waals surface area contributed by atoms with Gasteiger partial charge in [-0.3, -0.25) is 9.59 Å². The summed E-state index contributed by atoms with van der Waals surface area (Å²) >= 11 is 0. The summed E-state index contributed by atoms with van der Waals surface area (Å²) in [5.74, 6) is -0.139. The third kappa shape index (κ3) is 3.30. The van der Waals surface area contributed by atoms with Gasteiger partial charge in [-0.2, -0.15) is 4.98 Å². The number of carbonyl (C=O) groups excluding carboxylic acids is 2. The molecule has 0 radical (unpaired) electrons. The van der Waals surface area contributed by atoms with Gasteiger partial charge in [-0.15, -0.1) is 0 Å². The maximum Gasteiger partial charge on any atom is 0.343 e. The van der Waals surface area contributed by atoms with E-state index in [1.54, 1.807) is 18.7 Å². The van der Waals surface area contributed by atoms with E-state index in [1.165, 1.54) is 12.4 Å². The van der Waals surface area contributed by atoms with Crippen molar-refractivity contribution in [1.29, 1.82) is 0 Å². The molecule has 9 heteroatoms. The number of anilines is 1. The number of nitrogens with zero attached hydrogens (tertiary/aromatic N) is 4. The number of ether oxygens (including phenoxy) is 1. The van der Waals surface area contributed by atoms with Crippen molar-refractivity contribution in [2.24, 2.45) is 0 Å². The van der Waals surface area contributed by atoms with Crippen LogP contribution in [-0.4, -0.2) is 64.5 Å². The van der Waals surface area contributed by atoms with Crippen molar-refractivity contribution < 1.29 is 14.3 Å². The Kier molecular flexibility index (Phi) is 4.64. The first-order valence-electron chi connectivity index (χ1n) is 8.07. The van der Waals surface area contributed by atoms with Gasteiger partial charge < -0.3 is 19.5 Å². The SMILES string of the molecule is CCOC(=O)c1c[nH]c2nc(N3CCN(C(C)=O)CC3)ncc2c1=O. The minimum Gasteiger partial charge on any atom is -0.462 e. The van der Waals surface area contributed by atoms with Crippen LogP contribution in [0.4, 0.5) is 5.95 Å². The first kappa shape index (κ1) is 16.9. The smallest absolute Gasteiger partial charge is 0.343 e. The Morgan fingerprint density at radius 2 is 2.00 bits per heavy atom. The molecule has 9 nitrogen and oxygen atoms in total. The van der Waals surface area contributed by atoms with Crippen molar-refractivity contribution in [3.63, 3.8) is 0 Å². The van der Waals surface area contributed by atoms with Gasteiger partial charge >= 0.3 is 5.97 Å². The van der Waals surface area contributed by atoms with Gasteiger partial charge in [0.2, 0.25) is 17.3 Å². The highest BCUT2D eigenvalue weighted by molar-refractivity contribution is 5.92. The number of hydrogen-bond acceptors (Lipinski definition) is 7. The third-order valence-corrected chi connectivity index (χ3v) is 4.12. The molecule has 1 aliphatic rings. The fourth-order valence-electron chi connectivity index (χ4n) is 2.73. The van der Waals surface area contributed by atoms with Crippen LogP contribution < -0.4 is 10.3 Å². The standard InChI is InChI=1S/C16H19N5O4/c1-3-25-15(24)12-9-17-14-11(13(12)23)8-18-16(19-14)21-6-4-20(5-7-21)10(2)22/h8-9H,3-7H2,1-2H3,(H,17,18,19,23). The second-order valence-corrected chi connectivity index (χ2v) is 5.68. The average Bonchev–Trinajstić information content (AvgIpc) is 2.62. The van der Waals surface area contributed by atoms with Gasteiger partial charge in [-0.05, 0) is 6.92 Å². The molecule has 25 heavy (non-hydrogen) atoms. The van der Waals surface area contributed by atoms with E-state index in [4.69, 9.17) is 4.74 Å². The van der Waals surface area contributed by atoms with E-state index in [2.05, 4.69) is 15.0 Å². The highest BCUT2D eigenvalue weighted by Gasteiger charge is 2.21. The van der Waals surface area contributed by atoms with Crippen molar-refractivity contribution in [2.45, 2.75) is 13.8 Å². The zero-order chi connectivity index (χ0) is 18.0. The number of aromatic nitrogens is 3. The van der Waals surface area contributed by atoms with E-state index in [1.807, 2.05) is 4.90 Å². The number of hydrogen-bond donors (Lipinski definition) is 1. The Morgan fingerprint density at radius 3 is 2.64 bits per heavy atom. The summed E-state index contributed by atoms with van der Waals surface area (Å²) in [5, 5.41) is 0.233. The highest BCUT2D eigenvalue weighted by atomic mass is 16.5. The van der Waals surface area contributed by atoms with Crippen LogP contribution in [0.1, 0.15) is 24.2 Å². The molecule has 1 fully saturated rings. The summed E-state index contributed by atoms with van der Waals surface area (Å²) in [5.41, 5.74) is -0.169. The molecule has 1 amide bonds. The van der Waals surface area contributed by atoms with Crippen molar-refractivity contribution in [3.05, 3.63) is 28.2 Å². The molecule has 0 spiro atoms. The molecule has 0 aliphatic carbocycles. The molecule has 3 heterocycles. The molecule has 1 aliphatic heterocycles. The molecule has 2 aromatic heterocycles. The fraction of sp³-hybridized carbons (Fsp3) is 0.438. The molecule has 132 valence electrons. The van der Waals surface area contributed by atoms with E-state index < -0.39 is 11.4 Å². The summed E-state index contributed by atoms with van der Waals surface area (Å²) in [6, 6.07) is 0. The van der Waals surface area contributed by atoms with Gasteiger partial charge in [0, 0.05) is 45.5 Å². The van der Waals surface area contributed by atoms with Gasteiger partial charge in [-0.25, -0.2) is 9.78 Å². The van der Waals surface area contributed by atoms with Gasteiger partial charge in [0.05, 0.1) is 12.0 Å². The lowest BCUT2D eigenvalue weighted by Crippen LogP contribution is -2.48. The molecule has 3 rings (SSSR count). The maximum absolute atomic E-state index is 12.4. The van der Waals surface area contributed by atoms with E-state index >= 15 is 0 Å². The number of pyridine rings is 1. The van der Waals surface area contributed by atoms with Crippen molar-refractivity contribution in [2.75, 3.05) is 37.7 Å². The monoisotopic (exact) mass is 345 g/mol. The van der Waals surface area contributed by atoms with Crippen LogP contribution >= 0.6 is 0 Å². The minimum absolute atomic E-state index is 0.0508. The molecule has 0 bridgehead atoms. The molecule has 0 aromatic carbocycles.